The number of methoxy groups -OCH3 is 1. The van der Waals surface area contributed by atoms with Crippen molar-refractivity contribution in [1.29, 1.82) is 0 Å². The average molecular weight is 380 g/mol. The van der Waals surface area contributed by atoms with Crippen LogP contribution < -0.4 is 20.1 Å². The maximum Gasteiger partial charge on any atom is 0.195 e. The summed E-state index contributed by atoms with van der Waals surface area (Å²) in [7, 11) is 3.33. The molecule has 8 nitrogen and oxygen atoms in total. The third kappa shape index (κ3) is 4.59. The normalized spacial score (nSPS) is 11.2. The first kappa shape index (κ1) is 19.2. The molecule has 0 radical (unpaired) electrons. The fourth-order valence-corrected chi connectivity index (χ4v) is 2.69. The van der Waals surface area contributed by atoms with E-state index in [9.17, 15) is 0 Å². The molecule has 1 heterocycles. The standard InChI is InChI=1S/C20H24N6O2/c1-4-28-18-12-15(10-11-17(18)27-3)24-20(21-2)22-13-19-25-23-14-26(19)16-8-6-5-7-9-16/h5-12,14H,4,13H2,1-3H3,(H2,21,22,24). The van der Waals surface area contributed by atoms with Crippen molar-refractivity contribution in [3.63, 3.8) is 0 Å². The molecule has 2 aromatic carbocycles. The highest BCUT2D eigenvalue weighted by Gasteiger charge is 2.09. The quantitative estimate of drug-likeness (QED) is 0.484. The number of hydrogen-bond acceptors (Lipinski definition) is 5. The molecular weight excluding hydrogens is 356 g/mol. The summed E-state index contributed by atoms with van der Waals surface area (Å²) in [5, 5.41) is 14.7. The van der Waals surface area contributed by atoms with Gasteiger partial charge in [0.15, 0.2) is 23.3 Å². The molecule has 0 spiro atoms. The zero-order chi connectivity index (χ0) is 19.8. The van der Waals surface area contributed by atoms with Gasteiger partial charge in [-0.05, 0) is 31.2 Å². The second-order valence-corrected chi connectivity index (χ2v) is 5.80. The number of guanidine groups is 1. The van der Waals surface area contributed by atoms with Crippen LogP contribution in [0.5, 0.6) is 11.5 Å². The van der Waals surface area contributed by atoms with E-state index in [1.54, 1.807) is 20.5 Å². The minimum absolute atomic E-state index is 0.461. The second kappa shape index (κ2) is 9.40. The Morgan fingerprint density at radius 2 is 1.96 bits per heavy atom. The molecule has 0 bridgehead atoms. The monoisotopic (exact) mass is 380 g/mol. The minimum Gasteiger partial charge on any atom is -0.493 e. The van der Waals surface area contributed by atoms with E-state index in [1.807, 2.05) is 60.0 Å². The summed E-state index contributed by atoms with van der Waals surface area (Å²) >= 11 is 0. The van der Waals surface area contributed by atoms with Crippen molar-refractivity contribution in [2.24, 2.45) is 4.99 Å². The lowest BCUT2D eigenvalue weighted by atomic mass is 10.2. The molecule has 3 aromatic rings. The van der Waals surface area contributed by atoms with Gasteiger partial charge in [-0.25, -0.2) is 0 Å². The SMILES string of the molecule is CCOc1cc(NC(=NC)NCc2nncn2-c2ccccc2)ccc1OC. The van der Waals surface area contributed by atoms with Crippen LogP contribution in [-0.4, -0.2) is 41.5 Å². The number of ether oxygens (including phenoxy) is 2. The summed E-state index contributed by atoms with van der Waals surface area (Å²) in [4.78, 5) is 4.27. The molecule has 0 fully saturated rings. The Hall–Kier alpha value is -3.55. The predicted molar refractivity (Wildman–Crippen MR) is 109 cm³/mol. The zero-order valence-corrected chi connectivity index (χ0v) is 16.2. The van der Waals surface area contributed by atoms with E-state index < -0.39 is 0 Å². The molecule has 146 valence electrons. The summed E-state index contributed by atoms with van der Waals surface area (Å²) in [6, 6.07) is 15.6. The number of anilines is 1. The van der Waals surface area contributed by atoms with Crippen molar-refractivity contribution in [3.05, 3.63) is 60.7 Å². The maximum atomic E-state index is 5.62. The lowest BCUT2D eigenvalue weighted by Gasteiger charge is -2.15. The molecule has 0 aliphatic carbocycles. The Labute approximate surface area is 164 Å². The van der Waals surface area contributed by atoms with Gasteiger partial charge in [0, 0.05) is 24.5 Å². The first-order valence-corrected chi connectivity index (χ1v) is 8.98. The number of benzene rings is 2. The van der Waals surface area contributed by atoms with Gasteiger partial charge < -0.3 is 20.1 Å². The molecule has 28 heavy (non-hydrogen) atoms. The molecule has 0 saturated heterocycles. The lowest BCUT2D eigenvalue weighted by Crippen LogP contribution is -2.31. The fourth-order valence-electron chi connectivity index (χ4n) is 2.69. The molecule has 0 amide bonds. The van der Waals surface area contributed by atoms with E-state index in [-0.39, 0.29) is 0 Å². The van der Waals surface area contributed by atoms with E-state index in [1.165, 1.54) is 0 Å². The van der Waals surface area contributed by atoms with Gasteiger partial charge in [-0.3, -0.25) is 9.56 Å². The number of hydrogen-bond donors (Lipinski definition) is 2. The highest BCUT2D eigenvalue weighted by Crippen LogP contribution is 2.30. The van der Waals surface area contributed by atoms with Crippen molar-refractivity contribution in [1.82, 2.24) is 20.1 Å². The number of rotatable bonds is 7. The molecule has 1 aromatic heterocycles. The Morgan fingerprint density at radius 1 is 1.14 bits per heavy atom. The lowest BCUT2D eigenvalue weighted by molar-refractivity contribution is 0.311. The van der Waals surface area contributed by atoms with Gasteiger partial charge in [-0.15, -0.1) is 10.2 Å². The van der Waals surface area contributed by atoms with Crippen molar-refractivity contribution in [2.75, 3.05) is 26.1 Å². The summed E-state index contributed by atoms with van der Waals surface area (Å²) in [6.45, 7) is 2.95. The van der Waals surface area contributed by atoms with E-state index in [4.69, 9.17) is 9.47 Å². The largest absolute Gasteiger partial charge is 0.493 e. The highest BCUT2D eigenvalue weighted by atomic mass is 16.5. The number of para-hydroxylation sites is 1. The minimum atomic E-state index is 0.461. The van der Waals surface area contributed by atoms with Crippen LogP contribution in [0.1, 0.15) is 12.7 Å². The van der Waals surface area contributed by atoms with Gasteiger partial charge in [0.1, 0.15) is 6.33 Å². The second-order valence-electron chi connectivity index (χ2n) is 5.80. The van der Waals surface area contributed by atoms with Crippen LogP contribution in [0, 0.1) is 0 Å². The van der Waals surface area contributed by atoms with Crippen LogP contribution in [0.15, 0.2) is 59.9 Å². The zero-order valence-electron chi connectivity index (χ0n) is 16.2. The topological polar surface area (TPSA) is 85.6 Å². The molecule has 2 N–H and O–H groups in total. The van der Waals surface area contributed by atoms with Gasteiger partial charge in [-0.2, -0.15) is 0 Å². The number of nitrogens with one attached hydrogen (secondary N) is 2. The Bertz CT molecular complexity index is 923. The summed E-state index contributed by atoms with van der Waals surface area (Å²) < 4.78 is 12.9. The number of nitrogens with zero attached hydrogens (tertiary/aromatic N) is 4. The van der Waals surface area contributed by atoms with Gasteiger partial charge in [0.05, 0.1) is 20.3 Å². The van der Waals surface area contributed by atoms with Gasteiger partial charge in [-0.1, -0.05) is 18.2 Å². The van der Waals surface area contributed by atoms with Crippen molar-refractivity contribution < 1.29 is 9.47 Å². The molecule has 0 atom stereocenters. The molecule has 0 aliphatic heterocycles. The van der Waals surface area contributed by atoms with Gasteiger partial charge >= 0.3 is 0 Å². The Balaban J connectivity index is 1.68. The number of aromatic nitrogens is 3. The van der Waals surface area contributed by atoms with Gasteiger partial charge in [0.2, 0.25) is 0 Å². The summed E-state index contributed by atoms with van der Waals surface area (Å²) in [6.07, 6.45) is 1.69. The molecule has 0 unspecified atom stereocenters. The first-order chi connectivity index (χ1) is 13.7. The Morgan fingerprint density at radius 3 is 2.68 bits per heavy atom. The van der Waals surface area contributed by atoms with E-state index in [0.29, 0.717) is 30.6 Å². The van der Waals surface area contributed by atoms with Crippen molar-refractivity contribution >= 4 is 11.6 Å². The molecule has 8 heteroatoms. The first-order valence-electron chi connectivity index (χ1n) is 8.98. The summed E-state index contributed by atoms with van der Waals surface area (Å²) in [5.74, 6) is 2.75. The van der Waals surface area contributed by atoms with E-state index >= 15 is 0 Å². The van der Waals surface area contributed by atoms with Gasteiger partial charge in [0.25, 0.3) is 0 Å². The fraction of sp³-hybridized carbons (Fsp3) is 0.250. The molecule has 0 aliphatic rings. The molecule has 3 rings (SSSR count). The van der Waals surface area contributed by atoms with Crippen LogP contribution in [0.4, 0.5) is 5.69 Å². The Kier molecular flexibility index (Phi) is 6.46. The van der Waals surface area contributed by atoms with Crippen LogP contribution in [-0.2, 0) is 6.54 Å². The van der Waals surface area contributed by atoms with Crippen molar-refractivity contribution in [2.45, 2.75) is 13.5 Å². The predicted octanol–water partition coefficient (Wildman–Crippen LogP) is 2.86. The van der Waals surface area contributed by atoms with Crippen LogP contribution in [0.2, 0.25) is 0 Å². The maximum absolute atomic E-state index is 5.62. The van der Waals surface area contributed by atoms with Crippen molar-refractivity contribution in [3.8, 4) is 17.2 Å². The average Bonchev–Trinajstić information content (AvgIpc) is 3.21. The molecular formula is C20H24N6O2. The van der Waals surface area contributed by atoms with E-state index in [0.717, 1.165) is 17.2 Å². The third-order valence-corrected chi connectivity index (χ3v) is 4.02. The molecule has 0 saturated carbocycles. The summed E-state index contributed by atoms with van der Waals surface area (Å²) in [5.41, 5.74) is 1.84. The third-order valence-electron chi connectivity index (χ3n) is 4.02. The van der Waals surface area contributed by atoms with Crippen LogP contribution >= 0.6 is 0 Å². The highest BCUT2D eigenvalue weighted by molar-refractivity contribution is 5.93. The van der Waals surface area contributed by atoms with Crippen LogP contribution in [0.25, 0.3) is 5.69 Å². The van der Waals surface area contributed by atoms with Crippen LogP contribution in [0.3, 0.4) is 0 Å². The smallest absolute Gasteiger partial charge is 0.195 e. The van der Waals surface area contributed by atoms with E-state index in [2.05, 4.69) is 25.8 Å². The number of aliphatic imine (C=N–C) groups is 1.